The molecule has 2 radical (unpaired) electrons. The number of hydrogen-bond donors (Lipinski definition) is 2. The van der Waals surface area contributed by atoms with Crippen LogP contribution in [0.5, 0.6) is 11.5 Å². The number of phenols is 2. The highest BCUT2D eigenvalue weighted by atomic mass is 16.3. The van der Waals surface area contributed by atoms with Crippen LogP contribution in [0.4, 0.5) is 0 Å². The molecule has 8 nitrogen and oxygen atoms in total. The minimum Gasteiger partial charge on any atom is -0.506 e. The second kappa shape index (κ2) is 12.8. The molecule has 0 fully saturated rings. The number of nitrogens with zero attached hydrogens (tertiary/aromatic N) is 6. The molecule has 10 heteroatoms. The van der Waals surface area contributed by atoms with E-state index in [0.29, 0.717) is 17.6 Å². The molecule has 0 bridgehead atoms. The van der Waals surface area contributed by atoms with E-state index < -0.39 is 0 Å². The van der Waals surface area contributed by atoms with E-state index in [4.69, 9.17) is 0 Å². The van der Waals surface area contributed by atoms with Gasteiger partial charge in [0.25, 0.3) is 0 Å². The molecule has 0 spiro atoms. The lowest BCUT2D eigenvalue weighted by atomic mass is 9.49. The number of fused-ring (bicyclic) bond motifs is 2. The molecule has 0 unspecified atom stereocenters. The maximum Gasteiger partial charge on any atom is 0.143 e. The Morgan fingerprint density at radius 3 is 1.18 bits per heavy atom. The monoisotopic (exact) mass is 516 g/mol. The lowest BCUT2D eigenvalue weighted by Crippen LogP contribution is -2.22. The number of benzene rings is 4. The average Bonchev–Trinajstić information content (AvgIpc) is 3.60. The third-order valence-corrected chi connectivity index (χ3v) is 5.71. The molecule has 2 heterocycles. The summed E-state index contributed by atoms with van der Waals surface area (Å²) in [6.45, 7) is 8.00. The lowest BCUT2D eigenvalue weighted by Gasteiger charge is -2.07. The molecule has 4 aromatic carbocycles. The third kappa shape index (κ3) is 6.12. The quantitative estimate of drug-likeness (QED) is 0.320. The SMILES string of the molecule is CC.CC.Oc1cc([B]C[B]c2ccc(-n3nc4ccccc4n3)c(O)c2)ccc1-n1nc2ccccc2n1. The maximum absolute atomic E-state index is 10.5. The Hall–Kier alpha value is -4.59. The molecule has 194 valence electrons. The van der Waals surface area contributed by atoms with Gasteiger partial charge in [0.2, 0.25) is 0 Å². The summed E-state index contributed by atoms with van der Waals surface area (Å²) in [6, 6.07) is 25.9. The summed E-state index contributed by atoms with van der Waals surface area (Å²) in [7, 11) is 3.98. The number of hydrogen-bond acceptors (Lipinski definition) is 6. The zero-order valence-electron chi connectivity index (χ0n) is 22.5. The average molecular weight is 516 g/mol. The fourth-order valence-electron chi connectivity index (χ4n) is 3.94. The van der Waals surface area contributed by atoms with Gasteiger partial charge in [-0.05, 0) is 48.5 Å². The van der Waals surface area contributed by atoms with Crippen LogP contribution in [0.15, 0.2) is 84.9 Å². The minimum atomic E-state index is 0.0974. The molecule has 0 aliphatic rings. The van der Waals surface area contributed by atoms with Gasteiger partial charge in [0.05, 0.1) is 0 Å². The van der Waals surface area contributed by atoms with Gasteiger partial charge in [-0.2, -0.15) is 0 Å². The van der Waals surface area contributed by atoms with E-state index in [1.54, 1.807) is 24.3 Å². The van der Waals surface area contributed by atoms with Gasteiger partial charge in [-0.3, -0.25) is 0 Å². The fraction of sp³-hybridized carbons (Fsp3) is 0.172. The highest BCUT2D eigenvalue weighted by Gasteiger charge is 2.12. The van der Waals surface area contributed by atoms with E-state index in [-0.39, 0.29) is 11.5 Å². The first-order valence-corrected chi connectivity index (χ1v) is 13.1. The number of aromatic hydroxyl groups is 2. The number of aromatic nitrogens is 6. The van der Waals surface area contributed by atoms with Gasteiger partial charge >= 0.3 is 0 Å². The van der Waals surface area contributed by atoms with E-state index in [1.807, 2.05) is 103 Å². The van der Waals surface area contributed by atoms with E-state index in [0.717, 1.165) is 33.0 Å². The van der Waals surface area contributed by atoms with Crippen LogP contribution in [0.1, 0.15) is 27.7 Å². The van der Waals surface area contributed by atoms with Gasteiger partial charge in [0, 0.05) is 0 Å². The molecule has 0 atom stereocenters. The van der Waals surface area contributed by atoms with E-state index in [9.17, 15) is 10.2 Å². The zero-order valence-corrected chi connectivity index (χ0v) is 22.5. The Labute approximate surface area is 229 Å². The van der Waals surface area contributed by atoms with Gasteiger partial charge < -0.3 is 10.2 Å². The summed E-state index contributed by atoms with van der Waals surface area (Å²) >= 11 is 0. The summed E-state index contributed by atoms with van der Waals surface area (Å²) in [6.07, 6.45) is 0.616. The van der Waals surface area contributed by atoms with Crippen molar-refractivity contribution >= 4 is 47.6 Å². The molecule has 0 amide bonds. The Morgan fingerprint density at radius 1 is 0.538 bits per heavy atom. The normalized spacial score (nSPS) is 10.4. The highest BCUT2D eigenvalue weighted by Crippen LogP contribution is 2.21. The largest absolute Gasteiger partial charge is 0.506 e. The first-order chi connectivity index (χ1) is 19.1. The summed E-state index contributed by atoms with van der Waals surface area (Å²) < 4.78 is 0. The second-order valence-electron chi connectivity index (χ2n) is 8.10. The molecular formula is C29H30B2N6O2. The van der Waals surface area contributed by atoms with Crippen molar-refractivity contribution in [3.63, 3.8) is 0 Å². The minimum absolute atomic E-state index is 0.0974. The Kier molecular flexibility index (Phi) is 8.99. The van der Waals surface area contributed by atoms with E-state index in [1.165, 1.54) is 9.59 Å². The predicted molar refractivity (Wildman–Crippen MR) is 159 cm³/mol. The Morgan fingerprint density at radius 2 is 0.872 bits per heavy atom. The first kappa shape index (κ1) is 27.4. The van der Waals surface area contributed by atoms with Crippen molar-refractivity contribution in [1.29, 1.82) is 0 Å². The van der Waals surface area contributed by atoms with Crippen molar-refractivity contribution in [3.05, 3.63) is 84.9 Å². The smallest absolute Gasteiger partial charge is 0.143 e. The molecule has 6 aromatic rings. The Balaban J connectivity index is 0.000000845. The number of rotatable bonds is 6. The van der Waals surface area contributed by atoms with Crippen LogP contribution in [-0.2, 0) is 0 Å². The molecule has 39 heavy (non-hydrogen) atoms. The second-order valence-corrected chi connectivity index (χ2v) is 8.10. The van der Waals surface area contributed by atoms with Crippen molar-refractivity contribution in [2.24, 2.45) is 0 Å². The van der Waals surface area contributed by atoms with Crippen molar-refractivity contribution in [1.82, 2.24) is 30.0 Å². The van der Waals surface area contributed by atoms with Crippen LogP contribution in [0, 0.1) is 0 Å². The zero-order chi connectivity index (χ0) is 27.8. The molecule has 6 rings (SSSR count). The molecular weight excluding hydrogens is 486 g/mol. The van der Waals surface area contributed by atoms with E-state index in [2.05, 4.69) is 20.4 Å². The van der Waals surface area contributed by atoms with Crippen LogP contribution in [-0.4, -0.2) is 54.8 Å². The molecule has 2 aromatic heterocycles. The van der Waals surface area contributed by atoms with E-state index >= 15 is 0 Å². The van der Waals surface area contributed by atoms with Crippen LogP contribution in [0.3, 0.4) is 0 Å². The molecule has 0 aliphatic heterocycles. The number of phenolic OH excluding ortho intramolecular Hbond substituents is 2. The van der Waals surface area contributed by atoms with Crippen LogP contribution >= 0.6 is 0 Å². The van der Waals surface area contributed by atoms with Crippen molar-refractivity contribution in [3.8, 4) is 22.9 Å². The summed E-state index contributed by atoms with van der Waals surface area (Å²) in [5.41, 5.74) is 5.84. The van der Waals surface area contributed by atoms with Gasteiger partial charge in [-0.1, -0.05) is 81.2 Å². The van der Waals surface area contributed by atoms with Gasteiger partial charge in [0.15, 0.2) is 0 Å². The summed E-state index contributed by atoms with van der Waals surface area (Å²) in [4.78, 5) is 2.88. The Bertz CT molecular complexity index is 1490. The van der Waals surface area contributed by atoms with Crippen molar-refractivity contribution < 1.29 is 10.2 Å². The summed E-state index contributed by atoms with van der Waals surface area (Å²) in [5.74, 6) is 0.195. The molecule has 0 saturated carbocycles. The third-order valence-electron chi connectivity index (χ3n) is 5.71. The molecule has 0 aliphatic carbocycles. The van der Waals surface area contributed by atoms with Crippen LogP contribution in [0.25, 0.3) is 33.4 Å². The van der Waals surface area contributed by atoms with Crippen molar-refractivity contribution in [2.45, 2.75) is 33.9 Å². The molecule has 0 saturated heterocycles. The van der Waals surface area contributed by atoms with Gasteiger partial charge in [-0.25, -0.2) is 0 Å². The predicted octanol–water partition coefficient (Wildman–Crippen LogP) is 4.35. The van der Waals surface area contributed by atoms with Gasteiger partial charge in [-0.15, -0.1) is 30.0 Å². The molecule has 2 N–H and O–H groups in total. The van der Waals surface area contributed by atoms with Crippen LogP contribution in [0.2, 0.25) is 6.22 Å². The van der Waals surface area contributed by atoms with Crippen molar-refractivity contribution in [2.75, 3.05) is 0 Å². The van der Waals surface area contributed by atoms with Crippen LogP contribution < -0.4 is 10.9 Å². The van der Waals surface area contributed by atoms with Gasteiger partial charge in [0.1, 0.15) is 59.5 Å². The summed E-state index contributed by atoms with van der Waals surface area (Å²) in [5, 5.41) is 38.7. The standard InChI is InChI=1S/C25H18B2N6O2.2C2H6/c34-24-13-16(9-11-22(24)32-28-18-5-1-2-6-19(18)29-32)26-15-27-17-10-12-23(25(35)14-17)33-30-20-7-3-4-8-21(20)31-33;2*1-2/h1-14,34-35H,15H2;2*1-2H3. The maximum atomic E-state index is 10.5. The fourth-order valence-corrected chi connectivity index (χ4v) is 3.94. The lowest BCUT2D eigenvalue weighted by molar-refractivity contribution is 0.468. The highest BCUT2D eigenvalue weighted by molar-refractivity contribution is 6.71. The first-order valence-electron chi connectivity index (χ1n) is 13.1. The topological polar surface area (TPSA) is 102 Å².